The molecule has 0 amide bonds. The van der Waals surface area contributed by atoms with E-state index in [1.165, 1.54) is 43.8 Å². The monoisotopic (exact) mass is 367 g/mol. The van der Waals surface area contributed by atoms with Gasteiger partial charge in [-0.15, -0.1) is 0 Å². The van der Waals surface area contributed by atoms with Crippen molar-refractivity contribution in [2.45, 2.75) is 4.90 Å². The molecule has 0 unspecified atom stereocenters. The predicted molar refractivity (Wildman–Crippen MR) is 80.5 cm³/mol. The number of methoxy groups -OCH3 is 1. The van der Waals surface area contributed by atoms with Crippen LogP contribution in [0.4, 0.5) is 5.69 Å². The van der Waals surface area contributed by atoms with Crippen LogP contribution in [0.2, 0.25) is 0 Å². The summed E-state index contributed by atoms with van der Waals surface area (Å²) < 4.78 is 32.6. The van der Waals surface area contributed by atoms with Crippen molar-refractivity contribution in [1.82, 2.24) is 4.98 Å². The van der Waals surface area contributed by atoms with Crippen LogP contribution < -0.4 is 9.46 Å². The zero-order valence-corrected chi connectivity index (χ0v) is 13.3. The maximum absolute atomic E-state index is 12.3. The summed E-state index contributed by atoms with van der Waals surface area (Å²) in [5.74, 6) is 0.264. The first-order valence-corrected chi connectivity index (χ1v) is 7.95. The number of sulfonamides is 1. The summed E-state index contributed by atoms with van der Waals surface area (Å²) in [5.41, 5.74) is 0.621. The summed E-state index contributed by atoms with van der Waals surface area (Å²) in [6.07, 6.45) is 2.73. The van der Waals surface area contributed by atoms with E-state index in [1.807, 2.05) is 6.07 Å². The molecule has 2 aromatic rings. The van der Waals surface area contributed by atoms with Crippen LogP contribution >= 0.6 is 15.9 Å². The molecule has 21 heavy (non-hydrogen) atoms. The van der Waals surface area contributed by atoms with Gasteiger partial charge < -0.3 is 4.74 Å². The first kappa shape index (κ1) is 15.3. The molecule has 1 heterocycles. The number of rotatable bonds is 4. The van der Waals surface area contributed by atoms with Crippen molar-refractivity contribution in [2.24, 2.45) is 0 Å². The van der Waals surface area contributed by atoms with E-state index < -0.39 is 10.0 Å². The van der Waals surface area contributed by atoms with E-state index in [0.717, 1.165) is 0 Å². The van der Waals surface area contributed by atoms with Gasteiger partial charge in [0.05, 0.1) is 24.4 Å². The molecule has 0 saturated heterocycles. The Hall–Kier alpha value is -2.11. The highest BCUT2D eigenvalue weighted by molar-refractivity contribution is 9.10. The van der Waals surface area contributed by atoms with Crippen LogP contribution in [0.15, 0.2) is 46.0 Å². The second-order valence-electron chi connectivity index (χ2n) is 3.97. The first-order valence-electron chi connectivity index (χ1n) is 5.68. The maximum atomic E-state index is 12.3. The number of benzene rings is 1. The average molecular weight is 368 g/mol. The zero-order chi connectivity index (χ0) is 15.5. The Bertz CT molecular complexity index is 816. The Morgan fingerprint density at radius 2 is 2.10 bits per heavy atom. The highest BCUT2D eigenvalue weighted by atomic mass is 79.9. The fraction of sp³-hybridized carbons (Fsp3) is 0.0769. The van der Waals surface area contributed by atoms with Gasteiger partial charge >= 0.3 is 0 Å². The molecule has 2 rings (SSSR count). The van der Waals surface area contributed by atoms with Gasteiger partial charge in [-0.2, -0.15) is 5.26 Å². The van der Waals surface area contributed by atoms with Crippen molar-refractivity contribution >= 4 is 31.6 Å². The van der Waals surface area contributed by atoms with Crippen LogP contribution in [0.1, 0.15) is 5.56 Å². The Morgan fingerprint density at radius 3 is 2.71 bits per heavy atom. The van der Waals surface area contributed by atoms with Crippen molar-refractivity contribution < 1.29 is 13.2 Å². The predicted octanol–water partition coefficient (Wildman–Crippen LogP) is 2.53. The molecule has 0 aliphatic carbocycles. The summed E-state index contributed by atoms with van der Waals surface area (Å²) in [6.45, 7) is 0. The number of hydrogen-bond acceptors (Lipinski definition) is 5. The number of anilines is 1. The lowest BCUT2D eigenvalue weighted by molar-refractivity contribution is 0.416. The number of nitrogens with zero attached hydrogens (tertiary/aromatic N) is 2. The number of halogens is 1. The van der Waals surface area contributed by atoms with Crippen molar-refractivity contribution in [3.63, 3.8) is 0 Å². The Balaban J connectivity index is 2.40. The van der Waals surface area contributed by atoms with Crippen LogP contribution in [-0.4, -0.2) is 20.5 Å². The van der Waals surface area contributed by atoms with Gasteiger partial charge in [-0.05, 0) is 34.1 Å². The molecule has 0 spiro atoms. The molecular formula is C13H10BrN3O3S. The number of pyridine rings is 1. The molecule has 0 saturated carbocycles. The van der Waals surface area contributed by atoms with Crippen molar-refractivity contribution in [3.8, 4) is 11.8 Å². The highest BCUT2D eigenvalue weighted by Gasteiger charge is 2.17. The van der Waals surface area contributed by atoms with Crippen LogP contribution in [0.3, 0.4) is 0 Å². The van der Waals surface area contributed by atoms with E-state index in [1.54, 1.807) is 0 Å². The van der Waals surface area contributed by atoms with E-state index >= 15 is 0 Å². The SMILES string of the molecule is COc1cc(C#N)ccc1NS(=O)(=O)c1cncc(Br)c1. The van der Waals surface area contributed by atoms with Gasteiger partial charge in [0.25, 0.3) is 10.0 Å². The number of hydrogen-bond donors (Lipinski definition) is 1. The van der Waals surface area contributed by atoms with E-state index in [4.69, 9.17) is 10.00 Å². The first-order chi connectivity index (χ1) is 9.96. The molecular weight excluding hydrogens is 358 g/mol. The van der Waals surface area contributed by atoms with Gasteiger partial charge in [0.1, 0.15) is 10.6 Å². The Kier molecular flexibility index (Phi) is 4.45. The third-order valence-corrected chi connectivity index (χ3v) is 4.33. The summed E-state index contributed by atoms with van der Waals surface area (Å²) >= 11 is 3.17. The van der Waals surface area contributed by atoms with Crippen molar-refractivity contribution in [2.75, 3.05) is 11.8 Å². The van der Waals surface area contributed by atoms with Gasteiger partial charge in [0.2, 0.25) is 0 Å². The van der Waals surface area contributed by atoms with E-state index in [9.17, 15) is 8.42 Å². The minimum Gasteiger partial charge on any atom is -0.495 e. The van der Waals surface area contributed by atoms with Gasteiger partial charge in [-0.1, -0.05) is 0 Å². The quantitative estimate of drug-likeness (QED) is 0.895. The van der Waals surface area contributed by atoms with Gasteiger partial charge in [-0.25, -0.2) is 8.42 Å². The van der Waals surface area contributed by atoms with Gasteiger partial charge in [0.15, 0.2) is 0 Å². The number of ether oxygens (including phenoxy) is 1. The lowest BCUT2D eigenvalue weighted by atomic mass is 10.2. The van der Waals surface area contributed by atoms with Crippen LogP contribution in [-0.2, 0) is 10.0 Å². The topological polar surface area (TPSA) is 92.1 Å². The van der Waals surface area contributed by atoms with Gasteiger partial charge in [-0.3, -0.25) is 9.71 Å². The molecule has 0 aliphatic heterocycles. The molecule has 0 radical (unpaired) electrons. The molecule has 108 valence electrons. The standard InChI is InChI=1S/C13H10BrN3O3S/c1-20-13-4-9(6-15)2-3-12(13)17-21(18,19)11-5-10(14)7-16-8-11/h2-5,7-8,17H,1H3. The molecule has 1 aromatic carbocycles. The molecule has 1 aromatic heterocycles. The Labute approximate surface area is 130 Å². The molecule has 0 atom stereocenters. The third-order valence-electron chi connectivity index (χ3n) is 2.57. The summed E-state index contributed by atoms with van der Waals surface area (Å²) in [6, 6.07) is 7.82. The molecule has 0 aliphatic rings. The number of nitriles is 1. The zero-order valence-electron chi connectivity index (χ0n) is 10.9. The molecule has 6 nitrogen and oxygen atoms in total. The van der Waals surface area contributed by atoms with Crippen LogP contribution in [0, 0.1) is 11.3 Å². The molecule has 0 fully saturated rings. The second-order valence-corrected chi connectivity index (χ2v) is 6.57. The number of nitrogens with one attached hydrogen (secondary N) is 1. The largest absolute Gasteiger partial charge is 0.495 e. The fourth-order valence-electron chi connectivity index (χ4n) is 1.59. The summed E-state index contributed by atoms with van der Waals surface area (Å²) in [4.78, 5) is 3.84. The molecule has 1 N–H and O–H groups in total. The fourth-order valence-corrected chi connectivity index (χ4v) is 3.16. The minimum atomic E-state index is -3.79. The van der Waals surface area contributed by atoms with Crippen LogP contribution in [0.25, 0.3) is 0 Å². The molecule has 0 bridgehead atoms. The van der Waals surface area contributed by atoms with Crippen LogP contribution in [0.5, 0.6) is 5.75 Å². The normalized spacial score (nSPS) is 10.7. The Morgan fingerprint density at radius 1 is 1.33 bits per heavy atom. The number of aromatic nitrogens is 1. The maximum Gasteiger partial charge on any atom is 0.263 e. The minimum absolute atomic E-state index is 0.0169. The average Bonchev–Trinajstić information content (AvgIpc) is 2.47. The second kappa shape index (κ2) is 6.11. The van der Waals surface area contributed by atoms with E-state index in [-0.39, 0.29) is 16.3 Å². The molecule has 8 heteroatoms. The van der Waals surface area contributed by atoms with Crippen molar-refractivity contribution in [3.05, 3.63) is 46.7 Å². The summed E-state index contributed by atoms with van der Waals surface area (Å²) in [7, 11) is -2.40. The van der Waals surface area contributed by atoms with E-state index in [0.29, 0.717) is 10.0 Å². The lowest BCUT2D eigenvalue weighted by Crippen LogP contribution is -2.14. The summed E-state index contributed by atoms with van der Waals surface area (Å²) in [5, 5.41) is 8.83. The van der Waals surface area contributed by atoms with E-state index in [2.05, 4.69) is 25.6 Å². The smallest absolute Gasteiger partial charge is 0.263 e. The van der Waals surface area contributed by atoms with Crippen molar-refractivity contribution in [1.29, 1.82) is 5.26 Å². The third kappa shape index (κ3) is 3.51. The van der Waals surface area contributed by atoms with Gasteiger partial charge in [0, 0.05) is 22.9 Å². The lowest BCUT2D eigenvalue weighted by Gasteiger charge is -2.12. The highest BCUT2D eigenvalue weighted by Crippen LogP contribution is 2.28.